The topological polar surface area (TPSA) is 45.1 Å². The van der Waals surface area contributed by atoms with Gasteiger partial charge in [0.2, 0.25) is 0 Å². The van der Waals surface area contributed by atoms with Crippen LogP contribution in [-0.2, 0) is 0 Å². The fourth-order valence-corrected chi connectivity index (χ4v) is 2.37. The number of aryl methyl sites for hydroxylation is 1. The first kappa shape index (κ1) is 13.8. The highest BCUT2D eigenvalue weighted by Gasteiger charge is 2.07. The van der Waals surface area contributed by atoms with Crippen molar-refractivity contribution < 1.29 is 5.11 Å². The lowest BCUT2D eigenvalue weighted by Crippen LogP contribution is -2.15. The van der Waals surface area contributed by atoms with E-state index in [9.17, 15) is 0 Å². The van der Waals surface area contributed by atoms with Crippen LogP contribution in [0.5, 0.6) is 0 Å². The number of pyridine rings is 1. The standard InChI is InChI=1S/C16H22N2O/c1-3-13(8-10-19)11-18-15-7-9-17-16-12(2)5-4-6-14(15)16/h4-7,9,13,19H,3,8,10-11H2,1-2H3,(H,17,18). The third-order valence-corrected chi connectivity index (χ3v) is 3.67. The second kappa shape index (κ2) is 6.53. The number of hydrogen-bond donors (Lipinski definition) is 2. The number of aromatic nitrogens is 1. The maximum atomic E-state index is 9.04. The van der Waals surface area contributed by atoms with E-state index in [1.807, 2.05) is 12.3 Å². The van der Waals surface area contributed by atoms with Gasteiger partial charge in [-0.2, -0.15) is 0 Å². The maximum absolute atomic E-state index is 9.04. The Balaban J connectivity index is 2.19. The lowest BCUT2D eigenvalue weighted by atomic mass is 10.0. The van der Waals surface area contributed by atoms with Crippen LogP contribution in [0.15, 0.2) is 30.5 Å². The number of anilines is 1. The Hall–Kier alpha value is -1.61. The van der Waals surface area contributed by atoms with Crippen molar-refractivity contribution in [2.75, 3.05) is 18.5 Å². The summed E-state index contributed by atoms with van der Waals surface area (Å²) in [5.74, 6) is 0.512. The van der Waals surface area contributed by atoms with Crippen LogP contribution in [0.25, 0.3) is 10.9 Å². The average Bonchev–Trinajstić information content (AvgIpc) is 2.44. The van der Waals surface area contributed by atoms with Gasteiger partial charge in [0.1, 0.15) is 0 Å². The van der Waals surface area contributed by atoms with Crippen molar-refractivity contribution in [2.24, 2.45) is 5.92 Å². The van der Waals surface area contributed by atoms with Crippen LogP contribution in [0.1, 0.15) is 25.3 Å². The Morgan fingerprint density at radius 2 is 2.16 bits per heavy atom. The molecule has 0 saturated heterocycles. The number of benzene rings is 1. The number of hydrogen-bond acceptors (Lipinski definition) is 3. The first-order chi connectivity index (χ1) is 9.26. The van der Waals surface area contributed by atoms with E-state index in [0.717, 1.165) is 30.6 Å². The van der Waals surface area contributed by atoms with Crippen molar-refractivity contribution in [1.82, 2.24) is 4.98 Å². The number of aliphatic hydroxyl groups excluding tert-OH is 1. The molecule has 1 heterocycles. The van der Waals surface area contributed by atoms with Gasteiger partial charge in [0.05, 0.1) is 5.52 Å². The van der Waals surface area contributed by atoms with Gasteiger partial charge in [-0.05, 0) is 30.9 Å². The van der Waals surface area contributed by atoms with Gasteiger partial charge in [-0.15, -0.1) is 0 Å². The van der Waals surface area contributed by atoms with Crippen LogP contribution in [-0.4, -0.2) is 23.2 Å². The van der Waals surface area contributed by atoms with E-state index in [-0.39, 0.29) is 6.61 Å². The Bertz CT molecular complexity index is 539. The summed E-state index contributed by atoms with van der Waals surface area (Å²) in [4.78, 5) is 4.44. The van der Waals surface area contributed by atoms with Crippen LogP contribution in [0, 0.1) is 12.8 Å². The molecule has 2 rings (SSSR count). The highest BCUT2D eigenvalue weighted by molar-refractivity contribution is 5.92. The van der Waals surface area contributed by atoms with Crippen molar-refractivity contribution >= 4 is 16.6 Å². The molecule has 19 heavy (non-hydrogen) atoms. The van der Waals surface area contributed by atoms with Gasteiger partial charge in [0.15, 0.2) is 0 Å². The summed E-state index contributed by atoms with van der Waals surface area (Å²) in [6.45, 7) is 5.40. The fraction of sp³-hybridized carbons (Fsp3) is 0.438. The zero-order valence-corrected chi connectivity index (χ0v) is 11.7. The molecule has 0 radical (unpaired) electrons. The molecule has 1 atom stereocenters. The second-order valence-corrected chi connectivity index (χ2v) is 5.00. The van der Waals surface area contributed by atoms with Gasteiger partial charge in [-0.1, -0.05) is 31.5 Å². The number of rotatable bonds is 6. The molecule has 2 aromatic rings. The molecule has 2 N–H and O–H groups in total. The van der Waals surface area contributed by atoms with Crippen molar-refractivity contribution in [3.63, 3.8) is 0 Å². The minimum absolute atomic E-state index is 0.260. The van der Waals surface area contributed by atoms with Crippen LogP contribution < -0.4 is 5.32 Å². The van der Waals surface area contributed by atoms with Crippen LogP contribution in [0.4, 0.5) is 5.69 Å². The van der Waals surface area contributed by atoms with Crippen LogP contribution >= 0.6 is 0 Å². The molecule has 0 aliphatic heterocycles. The molecular formula is C16H22N2O. The summed E-state index contributed by atoms with van der Waals surface area (Å²) in [7, 11) is 0. The van der Waals surface area contributed by atoms with Gasteiger partial charge in [0.25, 0.3) is 0 Å². The Morgan fingerprint density at radius 1 is 1.32 bits per heavy atom. The molecule has 1 aromatic carbocycles. The van der Waals surface area contributed by atoms with E-state index >= 15 is 0 Å². The van der Waals surface area contributed by atoms with Crippen molar-refractivity contribution in [1.29, 1.82) is 0 Å². The van der Waals surface area contributed by atoms with Crippen LogP contribution in [0.2, 0.25) is 0 Å². The molecule has 102 valence electrons. The third kappa shape index (κ3) is 3.24. The molecule has 1 aromatic heterocycles. The number of aliphatic hydroxyl groups is 1. The lowest BCUT2D eigenvalue weighted by molar-refractivity contribution is 0.258. The van der Waals surface area contributed by atoms with Gasteiger partial charge >= 0.3 is 0 Å². The van der Waals surface area contributed by atoms with E-state index in [2.05, 4.69) is 42.3 Å². The van der Waals surface area contributed by atoms with Crippen molar-refractivity contribution in [2.45, 2.75) is 26.7 Å². The Labute approximate surface area is 114 Å². The van der Waals surface area contributed by atoms with Gasteiger partial charge in [-0.3, -0.25) is 4.98 Å². The molecule has 0 fully saturated rings. The minimum Gasteiger partial charge on any atom is -0.396 e. The molecule has 0 amide bonds. The number of nitrogens with one attached hydrogen (secondary N) is 1. The number of fused-ring (bicyclic) bond motifs is 1. The Kier molecular flexibility index (Phi) is 4.74. The summed E-state index contributed by atoms with van der Waals surface area (Å²) >= 11 is 0. The monoisotopic (exact) mass is 258 g/mol. The lowest BCUT2D eigenvalue weighted by Gasteiger charge is -2.16. The number of para-hydroxylation sites is 1. The van der Waals surface area contributed by atoms with Crippen molar-refractivity contribution in [3.8, 4) is 0 Å². The average molecular weight is 258 g/mol. The first-order valence-corrected chi connectivity index (χ1v) is 6.95. The molecule has 3 nitrogen and oxygen atoms in total. The summed E-state index contributed by atoms with van der Waals surface area (Å²) in [6.07, 6.45) is 3.78. The Morgan fingerprint density at radius 3 is 2.89 bits per heavy atom. The van der Waals surface area contributed by atoms with Crippen molar-refractivity contribution in [3.05, 3.63) is 36.0 Å². The fourth-order valence-electron chi connectivity index (χ4n) is 2.37. The number of nitrogens with zero attached hydrogens (tertiary/aromatic N) is 1. The summed E-state index contributed by atoms with van der Waals surface area (Å²) in [6, 6.07) is 8.27. The van der Waals surface area contributed by atoms with E-state index in [4.69, 9.17) is 5.11 Å². The van der Waals surface area contributed by atoms with Gasteiger partial charge in [-0.25, -0.2) is 0 Å². The molecule has 3 heteroatoms. The highest BCUT2D eigenvalue weighted by atomic mass is 16.3. The smallest absolute Gasteiger partial charge is 0.0751 e. The predicted molar refractivity (Wildman–Crippen MR) is 80.5 cm³/mol. The van der Waals surface area contributed by atoms with Crippen LogP contribution in [0.3, 0.4) is 0 Å². The summed E-state index contributed by atoms with van der Waals surface area (Å²) < 4.78 is 0. The highest BCUT2D eigenvalue weighted by Crippen LogP contribution is 2.24. The summed E-state index contributed by atoms with van der Waals surface area (Å²) in [5, 5.41) is 13.7. The molecular weight excluding hydrogens is 236 g/mol. The second-order valence-electron chi connectivity index (χ2n) is 5.00. The molecule has 0 spiro atoms. The zero-order valence-electron chi connectivity index (χ0n) is 11.7. The molecule has 0 aliphatic carbocycles. The third-order valence-electron chi connectivity index (χ3n) is 3.67. The van der Waals surface area contributed by atoms with E-state index in [1.54, 1.807) is 0 Å². The van der Waals surface area contributed by atoms with E-state index in [1.165, 1.54) is 10.9 Å². The van der Waals surface area contributed by atoms with Gasteiger partial charge in [0, 0.05) is 30.4 Å². The van der Waals surface area contributed by atoms with E-state index in [0.29, 0.717) is 5.92 Å². The molecule has 1 unspecified atom stereocenters. The predicted octanol–water partition coefficient (Wildman–Crippen LogP) is 3.36. The zero-order chi connectivity index (χ0) is 13.7. The normalized spacial score (nSPS) is 12.6. The maximum Gasteiger partial charge on any atom is 0.0751 e. The molecule has 0 saturated carbocycles. The molecule has 0 bridgehead atoms. The largest absolute Gasteiger partial charge is 0.396 e. The minimum atomic E-state index is 0.260. The van der Waals surface area contributed by atoms with Gasteiger partial charge < -0.3 is 10.4 Å². The SMILES string of the molecule is CCC(CCO)CNc1ccnc2c(C)cccc12. The first-order valence-electron chi connectivity index (χ1n) is 6.95. The summed E-state index contributed by atoms with van der Waals surface area (Å²) in [5.41, 5.74) is 3.39. The van der Waals surface area contributed by atoms with E-state index < -0.39 is 0 Å². The quantitative estimate of drug-likeness (QED) is 0.835. The molecule has 0 aliphatic rings.